The Hall–Kier alpha value is -6.93. The number of rotatable bonds is 15. The molecule has 0 aromatic heterocycles. The Morgan fingerprint density at radius 2 is 1.38 bits per heavy atom. The van der Waals surface area contributed by atoms with Crippen LogP contribution < -0.4 is 15.8 Å². The van der Waals surface area contributed by atoms with Gasteiger partial charge in [0, 0.05) is 40.1 Å². The third kappa shape index (κ3) is 10.6. The molecular formula is C40H34N8O16S4. The molecule has 28 heteroatoms. The Kier molecular flexibility index (Phi) is 13.9. The van der Waals surface area contributed by atoms with E-state index < -0.39 is 80.3 Å². The van der Waals surface area contributed by atoms with E-state index in [9.17, 15) is 54.6 Å². The van der Waals surface area contributed by atoms with Gasteiger partial charge < -0.3 is 39.7 Å². The zero-order valence-corrected chi connectivity index (χ0v) is 37.9. The quantitative estimate of drug-likeness (QED) is 0.0114. The topological polar surface area (TPSA) is 387 Å². The number of phenolic OH excluding ortho intramolecular Hbond substituents is 2. The lowest BCUT2D eigenvalue weighted by molar-refractivity contribution is -0.432. The van der Waals surface area contributed by atoms with E-state index in [1.165, 1.54) is 25.1 Å². The van der Waals surface area contributed by atoms with Gasteiger partial charge in [-0.1, -0.05) is 29.3 Å². The molecule has 0 saturated carbocycles. The summed E-state index contributed by atoms with van der Waals surface area (Å²) >= 11 is 0.794. The van der Waals surface area contributed by atoms with Crippen molar-refractivity contribution < 1.29 is 74.0 Å². The van der Waals surface area contributed by atoms with E-state index in [2.05, 4.69) is 45.4 Å². The molecule has 24 nitrogen and oxygen atoms in total. The highest BCUT2D eigenvalue weighted by Gasteiger charge is 2.28. The van der Waals surface area contributed by atoms with Gasteiger partial charge >= 0.3 is 0 Å². The number of nitrogens with two attached hydrogens (primary N) is 1. The molecule has 354 valence electrons. The third-order valence-electron chi connectivity index (χ3n) is 9.55. The Bertz CT molecular complexity index is 3520. The van der Waals surface area contributed by atoms with Crippen LogP contribution in [0, 0.1) is 0 Å². The number of ether oxygens (including phenoxy) is 1. The number of anilines is 2. The number of aromatic hydroxyl groups is 2. The van der Waals surface area contributed by atoms with Crippen LogP contribution in [0.2, 0.25) is 0 Å². The highest BCUT2D eigenvalue weighted by atomic mass is 32.3. The number of nitrogens with zero attached hydrogens (tertiary/aromatic N) is 6. The van der Waals surface area contributed by atoms with E-state index in [0.29, 0.717) is 10.6 Å². The van der Waals surface area contributed by atoms with E-state index in [4.69, 9.17) is 15.7 Å². The van der Waals surface area contributed by atoms with Gasteiger partial charge in [-0.15, -0.1) is 29.9 Å². The van der Waals surface area contributed by atoms with Crippen LogP contribution in [0.5, 0.6) is 17.2 Å². The van der Waals surface area contributed by atoms with Crippen molar-refractivity contribution in [3.8, 4) is 17.2 Å². The van der Waals surface area contributed by atoms with Crippen molar-refractivity contribution in [3.05, 3.63) is 91.0 Å². The molecule has 0 radical (unpaired) electrons. The Morgan fingerprint density at radius 1 is 0.691 bits per heavy atom. The van der Waals surface area contributed by atoms with Crippen LogP contribution in [0.3, 0.4) is 0 Å². The number of phenols is 2. The normalized spacial score (nSPS) is 12.9. The van der Waals surface area contributed by atoms with Crippen molar-refractivity contribution in [2.45, 2.75) is 33.4 Å². The molecule has 0 aliphatic rings. The molecule has 0 bridgehead atoms. The molecule has 11 N–H and O–H groups in total. The third-order valence-corrected chi connectivity index (χ3v) is 12.9. The molecule has 0 aliphatic carbocycles. The second-order valence-electron chi connectivity index (χ2n) is 14.1. The second kappa shape index (κ2) is 19.4. The molecule has 68 heavy (non-hydrogen) atoms. The molecule has 0 unspecified atom stereocenters. The van der Waals surface area contributed by atoms with Crippen LogP contribution in [-0.2, 0) is 34.4 Å². The van der Waals surface area contributed by atoms with Gasteiger partial charge in [0.25, 0.3) is 20.2 Å². The number of carbonyl (C=O) groups is 1. The zero-order valence-electron chi connectivity index (χ0n) is 34.6. The fraction of sp³-hybridized carbons (Fsp3) is 0.0750. The highest BCUT2D eigenvalue weighted by molar-refractivity contribution is 8.19. The first-order valence-corrected chi connectivity index (χ1v) is 24.1. The van der Waals surface area contributed by atoms with Crippen LogP contribution in [-0.4, -0.2) is 67.6 Å². The lowest BCUT2D eigenvalue weighted by Gasteiger charge is -2.22. The van der Waals surface area contributed by atoms with Gasteiger partial charge in [-0.05, 0) is 77.7 Å². The number of carbonyl (C=O) groups excluding carboxylic acids is 1. The van der Waals surface area contributed by atoms with Crippen LogP contribution in [0.15, 0.2) is 141 Å². The molecule has 7 aromatic carbocycles. The van der Waals surface area contributed by atoms with Crippen molar-refractivity contribution in [2.24, 2.45) is 30.7 Å². The summed E-state index contributed by atoms with van der Waals surface area (Å²) in [6.45, 7) is 3.07. The van der Waals surface area contributed by atoms with Crippen molar-refractivity contribution >= 4 is 127 Å². The fourth-order valence-electron chi connectivity index (χ4n) is 6.65. The van der Waals surface area contributed by atoms with Crippen LogP contribution >= 0.6 is 22.9 Å². The summed E-state index contributed by atoms with van der Waals surface area (Å²) in [7, 11) is -14.6. The van der Waals surface area contributed by atoms with Crippen LogP contribution in [0.1, 0.15) is 13.8 Å². The first-order valence-electron chi connectivity index (χ1n) is 18.9. The van der Waals surface area contributed by atoms with Crippen LogP contribution in [0.4, 0.5) is 45.5 Å². The maximum atomic E-state index is 12.4. The molecular weight excluding hydrogens is 977 g/mol. The van der Waals surface area contributed by atoms with E-state index in [0.717, 1.165) is 59.2 Å². The lowest BCUT2D eigenvalue weighted by atomic mass is 10.1. The maximum absolute atomic E-state index is 12.4. The number of amides is 1. The minimum atomic E-state index is -4.91. The molecule has 0 saturated heterocycles. The SMILES string of the molecule is CCOc1cc(N=Nc2ccc3c(SOOO)cccc3c2)c(NC(C)=O)cc1N=Nc1cc(O)c(N=Nc2c(S(O)(O)O)cc3cc(S(=O)(=O)O)c(N)cc3c2O)c2cc(S(=O)(=O)O)ccc12. The van der Waals surface area contributed by atoms with Gasteiger partial charge in [0.15, 0.2) is 5.75 Å². The number of benzene rings is 7. The average molecular weight is 1010 g/mol. The molecule has 1 amide bonds. The van der Waals surface area contributed by atoms with Crippen LogP contribution in [0.25, 0.3) is 32.3 Å². The first kappa shape index (κ1) is 49.0. The maximum Gasteiger partial charge on any atom is 0.296 e. The summed E-state index contributed by atoms with van der Waals surface area (Å²) in [5, 5.41) is 63.4. The van der Waals surface area contributed by atoms with E-state index in [-0.39, 0.29) is 56.7 Å². The predicted molar refractivity (Wildman–Crippen MR) is 248 cm³/mol. The number of hydrogen-bond donors (Lipinski definition) is 10. The Labute approximate surface area is 389 Å². The highest BCUT2D eigenvalue weighted by Crippen LogP contribution is 2.55. The zero-order chi connectivity index (χ0) is 49.3. The fourth-order valence-corrected chi connectivity index (χ4v) is 8.99. The average Bonchev–Trinajstić information content (AvgIpc) is 3.26. The number of hydrogen-bond acceptors (Lipinski definition) is 22. The minimum Gasteiger partial charge on any atom is -0.506 e. The largest absolute Gasteiger partial charge is 0.506 e. The smallest absolute Gasteiger partial charge is 0.296 e. The summed E-state index contributed by atoms with van der Waals surface area (Å²) in [4.78, 5) is 10.6. The molecule has 0 atom stereocenters. The lowest BCUT2D eigenvalue weighted by Crippen LogP contribution is -2.06. The van der Waals surface area contributed by atoms with Crippen molar-refractivity contribution in [3.63, 3.8) is 0 Å². The summed E-state index contributed by atoms with van der Waals surface area (Å²) in [6.07, 6.45) is 0. The number of nitrogen functional groups attached to an aromatic ring is 1. The first-order chi connectivity index (χ1) is 32.1. The standard InChI is InChI=1S/C40H34N8O16S4/c1-3-62-34-18-31(45-43-22-7-9-24-20(11-22)5-4-6-35(24)65-64-63-52)30(42-19(2)49)16-32(34)46-44-29-17-33(50)38(27-14-23(66(53,54)55)8-10-25(27)29)47-48-39-37(68(59,60)61)13-21-12-36(67(56,57)58)28(41)15-26(21)40(39)51/h4-18,50-52,59-61H,3,41H2,1-2H3,(H,42,49)(H,53,54,55)(H,56,57,58). The molecule has 7 aromatic rings. The molecule has 7 rings (SSSR count). The number of nitrogens with one attached hydrogen (secondary N) is 1. The van der Waals surface area contributed by atoms with Crippen molar-refractivity contribution in [2.75, 3.05) is 17.7 Å². The molecule has 0 aliphatic heterocycles. The van der Waals surface area contributed by atoms with Gasteiger partial charge in [0.1, 0.15) is 50.0 Å². The summed E-state index contributed by atoms with van der Waals surface area (Å²) in [6, 6.07) is 19.9. The minimum absolute atomic E-state index is 0.0219. The molecule has 0 spiro atoms. The van der Waals surface area contributed by atoms with Crippen molar-refractivity contribution in [1.29, 1.82) is 0 Å². The van der Waals surface area contributed by atoms with Gasteiger partial charge in [-0.2, -0.15) is 21.9 Å². The molecule has 0 fully saturated rings. The van der Waals surface area contributed by atoms with Gasteiger partial charge in [0.05, 0.1) is 51.2 Å². The monoisotopic (exact) mass is 1010 g/mol. The van der Waals surface area contributed by atoms with E-state index in [1.54, 1.807) is 37.3 Å². The van der Waals surface area contributed by atoms with E-state index in [1.807, 2.05) is 6.07 Å². The van der Waals surface area contributed by atoms with Gasteiger partial charge in [-0.3, -0.25) is 13.9 Å². The van der Waals surface area contributed by atoms with E-state index >= 15 is 0 Å². The molecule has 0 heterocycles. The van der Waals surface area contributed by atoms with Crippen molar-refractivity contribution in [1.82, 2.24) is 0 Å². The summed E-state index contributed by atoms with van der Waals surface area (Å²) in [5.74, 6) is -2.08. The number of fused-ring (bicyclic) bond motifs is 3. The predicted octanol–water partition coefficient (Wildman–Crippen LogP) is 11.2. The summed E-state index contributed by atoms with van der Waals surface area (Å²) < 4.78 is 109. The van der Waals surface area contributed by atoms with Gasteiger partial charge in [0.2, 0.25) is 5.91 Å². The Balaban J connectivity index is 1.32. The Morgan fingerprint density at radius 3 is 2.06 bits per heavy atom. The second-order valence-corrected chi connectivity index (χ2v) is 19.1. The van der Waals surface area contributed by atoms with Gasteiger partial charge in [-0.25, -0.2) is 5.26 Å². The summed E-state index contributed by atoms with van der Waals surface area (Å²) in [5.41, 5.74) is 4.47. The number of azo groups is 3.